The van der Waals surface area contributed by atoms with Crippen LogP contribution in [0, 0.1) is 17.2 Å². The zero-order valence-electron chi connectivity index (χ0n) is 9.62. The third-order valence-electron chi connectivity index (χ3n) is 2.21. The molecule has 0 amide bonds. The SMILES string of the molecule is CC(C#N)CNS(=O)(=O)c1ccc(C(=O)O)cc1. The fraction of sp³-hybridized carbons (Fsp3) is 0.273. The van der Waals surface area contributed by atoms with Crippen LogP contribution in [0.3, 0.4) is 0 Å². The van der Waals surface area contributed by atoms with Gasteiger partial charge in [0.05, 0.1) is 22.4 Å². The Hall–Kier alpha value is -1.91. The lowest BCUT2D eigenvalue weighted by molar-refractivity contribution is 0.0696. The number of nitriles is 1. The number of carbonyl (C=O) groups is 1. The van der Waals surface area contributed by atoms with Crippen molar-refractivity contribution in [2.45, 2.75) is 11.8 Å². The largest absolute Gasteiger partial charge is 0.478 e. The molecule has 0 aliphatic heterocycles. The number of sulfonamides is 1. The maximum Gasteiger partial charge on any atom is 0.335 e. The number of nitrogens with zero attached hydrogens (tertiary/aromatic N) is 1. The highest BCUT2D eigenvalue weighted by Gasteiger charge is 2.15. The summed E-state index contributed by atoms with van der Waals surface area (Å²) in [6.45, 7) is 1.61. The minimum Gasteiger partial charge on any atom is -0.478 e. The van der Waals surface area contributed by atoms with Crippen LogP contribution in [0.2, 0.25) is 0 Å². The van der Waals surface area contributed by atoms with E-state index < -0.39 is 21.9 Å². The lowest BCUT2D eigenvalue weighted by Crippen LogP contribution is -2.28. The molecular weight excluding hydrogens is 256 g/mol. The highest BCUT2D eigenvalue weighted by molar-refractivity contribution is 7.89. The van der Waals surface area contributed by atoms with Gasteiger partial charge in [-0.15, -0.1) is 0 Å². The Bertz CT molecular complexity index is 572. The molecule has 0 saturated carbocycles. The first-order chi connectivity index (χ1) is 8.36. The molecule has 0 spiro atoms. The van der Waals surface area contributed by atoms with Crippen LogP contribution in [0.15, 0.2) is 29.2 Å². The van der Waals surface area contributed by atoms with E-state index in [0.717, 1.165) is 0 Å². The predicted molar refractivity (Wildman–Crippen MR) is 63.4 cm³/mol. The first kappa shape index (κ1) is 14.2. The maximum absolute atomic E-state index is 11.8. The molecule has 0 heterocycles. The zero-order valence-corrected chi connectivity index (χ0v) is 10.4. The summed E-state index contributed by atoms with van der Waals surface area (Å²) in [6.07, 6.45) is 0. The van der Waals surface area contributed by atoms with Crippen LogP contribution in [0.1, 0.15) is 17.3 Å². The summed E-state index contributed by atoms with van der Waals surface area (Å²) in [5, 5.41) is 17.2. The lowest BCUT2D eigenvalue weighted by atomic mass is 10.2. The van der Waals surface area contributed by atoms with Crippen molar-refractivity contribution in [3.8, 4) is 6.07 Å². The maximum atomic E-state index is 11.8. The van der Waals surface area contributed by atoms with Gasteiger partial charge < -0.3 is 5.11 Å². The van der Waals surface area contributed by atoms with Gasteiger partial charge in [0, 0.05) is 6.54 Å². The Kier molecular flexibility index (Phi) is 4.42. The minimum absolute atomic E-state index is 0.0133. The molecule has 0 aromatic heterocycles. The van der Waals surface area contributed by atoms with Crippen LogP contribution in [-0.2, 0) is 10.0 Å². The van der Waals surface area contributed by atoms with E-state index in [-0.39, 0.29) is 17.0 Å². The number of hydrogen-bond donors (Lipinski definition) is 2. The van der Waals surface area contributed by atoms with Crippen molar-refractivity contribution >= 4 is 16.0 Å². The quantitative estimate of drug-likeness (QED) is 0.822. The van der Waals surface area contributed by atoms with Gasteiger partial charge in [-0.1, -0.05) is 0 Å². The Morgan fingerprint density at radius 1 is 1.44 bits per heavy atom. The van der Waals surface area contributed by atoms with Crippen molar-refractivity contribution in [1.29, 1.82) is 5.26 Å². The van der Waals surface area contributed by atoms with Crippen molar-refractivity contribution in [3.63, 3.8) is 0 Å². The third kappa shape index (κ3) is 3.55. The van der Waals surface area contributed by atoms with E-state index in [1.165, 1.54) is 24.3 Å². The molecule has 0 bridgehead atoms. The van der Waals surface area contributed by atoms with E-state index in [9.17, 15) is 13.2 Å². The van der Waals surface area contributed by atoms with Crippen LogP contribution < -0.4 is 4.72 Å². The molecule has 0 fully saturated rings. The first-order valence-electron chi connectivity index (χ1n) is 5.09. The van der Waals surface area contributed by atoms with Gasteiger partial charge >= 0.3 is 5.97 Å². The normalized spacial score (nSPS) is 12.7. The van der Waals surface area contributed by atoms with Crippen molar-refractivity contribution in [1.82, 2.24) is 4.72 Å². The van der Waals surface area contributed by atoms with Gasteiger partial charge in [-0.25, -0.2) is 17.9 Å². The Balaban J connectivity index is 2.86. The molecule has 0 radical (unpaired) electrons. The summed E-state index contributed by atoms with van der Waals surface area (Å²) >= 11 is 0. The number of carboxylic acids is 1. The van der Waals surface area contributed by atoms with Gasteiger partial charge in [0.25, 0.3) is 0 Å². The summed E-state index contributed by atoms with van der Waals surface area (Å²) in [5.74, 6) is -1.55. The molecule has 1 aromatic rings. The fourth-order valence-corrected chi connectivity index (χ4v) is 2.27. The Labute approximate surface area is 105 Å². The summed E-state index contributed by atoms with van der Waals surface area (Å²) < 4.78 is 25.8. The number of aromatic carboxylic acids is 1. The van der Waals surface area contributed by atoms with Gasteiger partial charge in [0.1, 0.15) is 0 Å². The molecule has 1 atom stereocenters. The number of rotatable bonds is 5. The van der Waals surface area contributed by atoms with E-state index in [1.54, 1.807) is 6.92 Å². The predicted octanol–water partition coefficient (Wildman–Crippen LogP) is 0.823. The smallest absolute Gasteiger partial charge is 0.335 e. The molecule has 96 valence electrons. The summed E-state index contributed by atoms with van der Waals surface area (Å²) in [4.78, 5) is 10.6. The third-order valence-corrected chi connectivity index (χ3v) is 3.65. The van der Waals surface area contributed by atoms with Gasteiger partial charge in [0.15, 0.2) is 0 Å². The molecule has 1 rings (SSSR count). The monoisotopic (exact) mass is 268 g/mol. The van der Waals surface area contributed by atoms with Crippen LogP contribution in [0.25, 0.3) is 0 Å². The molecule has 0 aliphatic rings. The van der Waals surface area contributed by atoms with E-state index in [0.29, 0.717) is 0 Å². The highest BCUT2D eigenvalue weighted by Crippen LogP contribution is 2.10. The van der Waals surface area contributed by atoms with E-state index in [4.69, 9.17) is 10.4 Å². The van der Waals surface area contributed by atoms with Crippen molar-refractivity contribution in [3.05, 3.63) is 29.8 Å². The second kappa shape index (κ2) is 5.62. The number of hydrogen-bond acceptors (Lipinski definition) is 4. The van der Waals surface area contributed by atoms with Gasteiger partial charge in [0.2, 0.25) is 10.0 Å². The molecular formula is C11H12N2O4S. The van der Waals surface area contributed by atoms with E-state index >= 15 is 0 Å². The van der Waals surface area contributed by atoms with Gasteiger partial charge in [-0.3, -0.25) is 0 Å². The van der Waals surface area contributed by atoms with Crippen LogP contribution in [0.5, 0.6) is 0 Å². The van der Waals surface area contributed by atoms with Crippen LogP contribution in [0.4, 0.5) is 0 Å². The van der Waals surface area contributed by atoms with Crippen LogP contribution >= 0.6 is 0 Å². The fourth-order valence-electron chi connectivity index (χ4n) is 1.14. The van der Waals surface area contributed by atoms with Gasteiger partial charge in [-0.05, 0) is 31.2 Å². The standard InChI is InChI=1S/C11H12N2O4S/c1-8(6-12)7-13-18(16,17)10-4-2-9(3-5-10)11(14)15/h2-5,8,13H,7H2,1H3,(H,14,15). The zero-order chi connectivity index (χ0) is 13.8. The average molecular weight is 268 g/mol. The number of benzene rings is 1. The minimum atomic E-state index is -3.70. The van der Waals surface area contributed by atoms with E-state index in [2.05, 4.69) is 4.72 Å². The van der Waals surface area contributed by atoms with E-state index in [1.807, 2.05) is 6.07 Å². The Morgan fingerprint density at radius 3 is 2.44 bits per heavy atom. The molecule has 7 heteroatoms. The topological polar surface area (TPSA) is 107 Å². The second-order valence-corrected chi connectivity index (χ2v) is 5.48. The first-order valence-corrected chi connectivity index (χ1v) is 6.58. The Morgan fingerprint density at radius 2 is 2.00 bits per heavy atom. The van der Waals surface area contributed by atoms with Gasteiger partial charge in [-0.2, -0.15) is 5.26 Å². The molecule has 0 saturated heterocycles. The van der Waals surface area contributed by atoms with Crippen LogP contribution in [-0.4, -0.2) is 26.0 Å². The lowest BCUT2D eigenvalue weighted by Gasteiger charge is -2.07. The number of nitrogens with one attached hydrogen (secondary N) is 1. The second-order valence-electron chi connectivity index (χ2n) is 3.71. The molecule has 6 nitrogen and oxygen atoms in total. The van der Waals surface area contributed by atoms with Crippen molar-refractivity contribution in [2.75, 3.05) is 6.54 Å². The van der Waals surface area contributed by atoms with Crippen molar-refractivity contribution < 1.29 is 18.3 Å². The molecule has 0 aliphatic carbocycles. The summed E-state index contributed by atoms with van der Waals surface area (Å²) in [5.41, 5.74) is 0.0133. The molecule has 18 heavy (non-hydrogen) atoms. The average Bonchev–Trinajstić information content (AvgIpc) is 2.36. The molecule has 1 unspecified atom stereocenters. The molecule has 1 aromatic carbocycles. The molecule has 2 N–H and O–H groups in total. The van der Waals surface area contributed by atoms with Crippen molar-refractivity contribution in [2.24, 2.45) is 5.92 Å². The summed E-state index contributed by atoms with van der Waals surface area (Å²) in [6, 6.07) is 6.76. The number of carboxylic acid groups (broad SMARTS) is 1. The highest BCUT2D eigenvalue weighted by atomic mass is 32.2. The summed E-state index contributed by atoms with van der Waals surface area (Å²) in [7, 11) is -3.70.